The molecule has 5 heteroatoms. The highest BCUT2D eigenvalue weighted by Crippen LogP contribution is 2.28. The smallest absolute Gasteiger partial charge is 0.317 e. The lowest BCUT2D eigenvalue weighted by atomic mass is 9.99. The Labute approximate surface area is 108 Å². The zero-order valence-corrected chi connectivity index (χ0v) is 11.4. The maximum atomic E-state index is 12.4. The summed E-state index contributed by atoms with van der Waals surface area (Å²) in [5.41, 5.74) is 0. The number of nitrogens with one attached hydrogen (secondary N) is 1. The van der Waals surface area contributed by atoms with Crippen LogP contribution in [0, 0.1) is 5.92 Å². The Morgan fingerprint density at radius 1 is 1.22 bits per heavy atom. The molecule has 0 spiro atoms. The Bertz CT molecular complexity index is 231. The predicted molar refractivity (Wildman–Crippen MR) is 67.6 cm³/mol. The van der Waals surface area contributed by atoms with E-state index in [1.54, 1.807) is 4.90 Å². The van der Waals surface area contributed by atoms with Crippen LogP contribution in [-0.4, -0.2) is 43.8 Å². The Balaban J connectivity index is 2.36. The Hall–Kier alpha value is -0.290. The zero-order valence-electron chi connectivity index (χ0n) is 11.4. The molecule has 0 saturated heterocycles. The summed E-state index contributed by atoms with van der Waals surface area (Å²) in [6, 6.07) is 0.499. The lowest BCUT2D eigenvalue weighted by molar-refractivity contribution is -0.146. The first-order valence-electron chi connectivity index (χ1n) is 6.92. The lowest BCUT2D eigenvalue weighted by Gasteiger charge is -2.26. The van der Waals surface area contributed by atoms with Crippen molar-refractivity contribution >= 4 is 0 Å². The average Bonchev–Trinajstić information content (AvgIpc) is 2.71. The van der Waals surface area contributed by atoms with Gasteiger partial charge in [0, 0.05) is 6.04 Å². The Morgan fingerprint density at radius 3 is 2.50 bits per heavy atom. The molecule has 2 unspecified atom stereocenters. The summed E-state index contributed by atoms with van der Waals surface area (Å²) in [5.74, 6) is 0.544. The number of hydrogen-bond donors (Lipinski definition) is 1. The molecule has 0 heterocycles. The van der Waals surface area contributed by atoms with Crippen LogP contribution < -0.4 is 5.32 Å². The van der Waals surface area contributed by atoms with Crippen molar-refractivity contribution in [2.45, 2.75) is 51.2 Å². The van der Waals surface area contributed by atoms with Gasteiger partial charge in [0.15, 0.2) is 0 Å². The fraction of sp³-hybridized carbons (Fsp3) is 1.00. The van der Waals surface area contributed by atoms with Gasteiger partial charge in [0.25, 0.3) is 0 Å². The molecule has 108 valence electrons. The van der Waals surface area contributed by atoms with Crippen molar-refractivity contribution in [3.8, 4) is 0 Å². The quantitative estimate of drug-likeness (QED) is 0.762. The molecular weight excluding hydrogens is 241 g/mol. The molecule has 0 aromatic heterocycles. The van der Waals surface area contributed by atoms with Gasteiger partial charge in [-0.15, -0.1) is 0 Å². The topological polar surface area (TPSA) is 15.3 Å². The molecule has 1 aliphatic rings. The lowest BCUT2D eigenvalue weighted by Crippen LogP contribution is -2.37. The van der Waals surface area contributed by atoms with Gasteiger partial charge in [0.05, 0.1) is 6.54 Å². The Kier molecular flexibility index (Phi) is 6.43. The van der Waals surface area contributed by atoms with Crippen LogP contribution in [0.5, 0.6) is 0 Å². The molecule has 1 aliphatic carbocycles. The number of hydrogen-bond acceptors (Lipinski definition) is 2. The fourth-order valence-corrected chi connectivity index (χ4v) is 2.95. The van der Waals surface area contributed by atoms with Gasteiger partial charge >= 0.3 is 6.18 Å². The van der Waals surface area contributed by atoms with Crippen LogP contribution in [0.25, 0.3) is 0 Å². The first kappa shape index (κ1) is 15.8. The van der Waals surface area contributed by atoms with Crippen LogP contribution >= 0.6 is 0 Å². The standard InChI is InChI=1S/C13H25F3N2/c1-3-8-18(10-13(14,15)16)9-7-11-5-4-6-12(11)17-2/h11-12,17H,3-10H2,1-2H3. The number of halogens is 3. The van der Waals surface area contributed by atoms with E-state index in [-0.39, 0.29) is 0 Å². The molecule has 0 radical (unpaired) electrons. The third-order valence-corrected chi connectivity index (χ3v) is 3.79. The van der Waals surface area contributed by atoms with Crippen LogP contribution in [0.15, 0.2) is 0 Å². The second-order valence-corrected chi connectivity index (χ2v) is 5.27. The van der Waals surface area contributed by atoms with Crippen LogP contribution in [0.3, 0.4) is 0 Å². The summed E-state index contributed by atoms with van der Waals surface area (Å²) in [4.78, 5) is 1.55. The number of alkyl halides is 3. The van der Waals surface area contributed by atoms with Crippen molar-refractivity contribution in [3.63, 3.8) is 0 Å². The summed E-state index contributed by atoms with van der Waals surface area (Å²) in [5, 5.41) is 3.28. The van der Waals surface area contributed by atoms with E-state index in [1.165, 1.54) is 6.42 Å². The molecule has 1 saturated carbocycles. The molecule has 0 aromatic rings. The van der Waals surface area contributed by atoms with Crippen molar-refractivity contribution in [3.05, 3.63) is 0 Å². The minimum absolute atomic E-state index is 0.499. The minimum Gasteiger partial charge on any atom is -0.317 e. The van der Waals surface area contributed by atoms with Crippen molar-refractivity contribution in [2.75, 3.05) is 26.7 Å². The normalized spacial score (nSPS) is 25.0. The molecule has 1 N–H and O–H groups in total. The molecule has 1 rings (SSSR count). The van der Waals surface area contributed by atoms with Crippen molar-refractivity contribution in [1.29, 1.82) is 0 Å². The van der Waals surface area contributed by atoms with Crippen molar-refractivity contribution in [1.82, 2.24) is 10.2 Å². The molecule has 0 amide bonds. The molecule has 18 heavy (non-hydrogen) atoms. The van der Waals surface area contributed by atoms with E-state index < -0.39 is 12.7 Å². The molecular formula is C13H25F3N2. The van der Waals surface area contributed by atoms with Gasteiger partial charge in [-0.3, -0.25) is 4.90 Å². The molecule has 2 atom stereocenters. The summed E-state index contributed by atoms with van der Waals surface area (Å²) < 4.78 is 37.3. The van der Waals surface area contributed by atoms with E-state index in [1.807, 2.05) is 14.0 Å². The highest BCUT2D eigenvalue weighted by Gasteiger charge is 2.31. The zero-order chi connectivity index (χ0) is 13.6. The predicted octanol–water partition coefficient (Wildman–Crippen LogP) is 3.04. The van der Waals surface area contributed by atoms with Crippen molar-refractivity contribution < 1.29 is 13.2 Å². The number of rotatable bonds is 7. The van der Waals surface area contributed by atoms with E-state index >= 15 is 0 Å². The molecule has 2 nitrogen and oxygen atoms in total. The van der Waals surface area contributed by atoms with E-state index in [2.05, 4.69) is 5.32 Å². The summed E-state index contributed by atoms with van der Waals surface area (Å²) in [6.07, 6.45) is 1.08. The van der Waals surface area contributed by atoms with Gasteiger partial charge in [0.2, 0.25) is 0 Å². The molecule has 0 aromatic carbocycles. The van der Waals surface area contributed by atoms with E-state index in [9.17, 15) is 13.2 Å². The second kappa shape index (κ2) is 7.34. The first-order chi connectivity index (χ1) is 8.46. The van der Waals surface area contributed by atoms with Crippen LogP contribution in [-0.2, 0) is 0 Å². The van der Waals surface area contributed by atoms with Gasteiger partial charge < -0.3 is 5.32 Å². The Morgan fingerprint density at radius 2 is 1.94 bits per heavy atom. The average molecular weight is 266 g/mol. The monoisotopic (exact) mass is 266 g/mol. The summed E-state index contributed by atoms with van der Waals surface area (Å²) in [7, 11) is 1.95. The third-order valence-electron chi connectivity index (χ3n) is 3.79. The van der Waals surface area contributed by atoms with Gasteiger partial charge in [-0.1, -0.05) is 13.3 Å². The second-order valence-electron chi connectivity index (χ2n) is 5.27. The third kappa shape index (κ3) is 5.57. The first-order valence-corrected chi connectivity index (χ1v) is 6.92. The van der Waals surface area contributed by atoms with E-state index in [4.69, 9.17) is 0 Å². The van der Waals surface area contributed by atoms with Crippen molar-refractivity contribution in [2.24, 2.45) is 5.92 Å². The van der Waals surface area contributed by atoms with Gasteiger partial charge in [-0.25, -0.2) is 0 Å². The van der Waals surface area contributed by atoms with Crippen LogP contribution in [0.2, 0.25) is 0 Å². The van der Waals surface area contributed by atoms with Crippen LogP contribution in [0.4, 0.5) is 13.2 Å². The highest BCUT2D eigenvalue weighted by atomic mass is 19.4. The minimum atomic E-state index is -4.08. The van der Waals surface area contributed by atoms with E-state index in [0.717, 1.165) is 25.7 Å². The molecule has 0 bridgehead atoms. The fourth-order valence-electron chi connectivity index (χ4n) is 2.95. The largest absolute Gasteiger partial charge is 0.401 e. The maximum Gasteiger partial charge on any atom is 0.401 e. The summed E-state index contributed by atoms with van der Waals surface area (Å²) >= 11 is 0. The maximum absolute atomic E-state index is 12.4. The van der Waals surface area contributed by atoms with Gasteiger partial charge in [0.1, 0.15) is 0 Å². The summed E-state index contributed by atoms with van der Waals surface area (Å²) in [6.45, 7) is 2.26. The van der Waals surface area contributed by atoms with E-state index in [0.29, 0.717) is 25.0 Å². The SMILES string of the molecule is CCCN(CCC1CCCC1NC)CC(F)(F)F. The molecule has 0 aliphatic heterocycles. The van der Waals surface area contributed by atoms with Gasteiger partial charge in [-0.05, 0) is 51.7 Å². The molecule has 1 fully saturated rings. The number of nitrogens with zero attached hydrogens (tertiary/aromatic N) is 1. The highest BCUT2D eigenvalue weighted by molar-refractivity contribution is 4.82. The van der Waals surface area contributed by atoms with Crippen LogP contribution in [0.1, 0.15) is 39.0 Å². The van der Waals surface area contributed by atoms with Gasteiger partial charge in [-0.2, -0.15) is 13.2 Å².